The summed E-state index contributed by atoms with van der Waals surface area (Å²) in [5, 5.41) is 13.4. The normalized spacial score (nSPS) is 15.2. The molecule has 0 spiro atoms. The summed E-state index contributed by atoms with van der Waals surface area (Å²) in [4.78, 5) is 22.8. The van der Waals surface area contributed by atoms with Crippen molar-refractivity contribution in [3.05, 3.63) is 34.4 Å². The lowest BCUT2D eigenvalue weighted by atomic mass is 9.98. The standard InChI is InChI=1S/C17H24N2O4S/c20-17(13-24-16-9-7-14(8-10-16)19(21)22)18-11-4-12-23-15-5-2-1-3-6-15/h7-10,15H,1-6,11-13H2,(H,18,20). The number of benzene rings is 1. The van der Waals surface area contributed by atoms with Crippen LogP contribution in [0.1, 0.15) is 38.5 Å². The largest absolute Gasteiger partial charge is 0.378 e. The zero-order valence-electron chi connectivity index (χ0n) is 13.7. The molecule has 7 heteroatoms. The van der Waals surface area contributed by atoms with Crippen molar-refractivity contribution in [2.24, 2.45) is 0 Å². The summed E-state index contributed by atoms with van der Waals surface area (Å²) in [6.45, 7) is 1.31. The maximum atomic E-state index is 11.8. The molecule has 2 rings (SSSR count). The lowest BCUT2D eigenvalue weighted by Gasteiger charge is -2.21. The van der Waals surface area contributed by atoms with Gasteiger partial charge in [-0.05, 0) is 31.4 Å². The Morgan fingerprint density at radius 2 is 1.96 bits per heavy atom. The highest BCUT2D eigenvalue weighted by atomic mass is 32.2. The molecule has 1 aliphatic carbocycles. The molecule has 0 aliphatic heterocycles. The van der Waals surface area contributed by atoms with Gasteiger partial charge in [-0.2, -0.15) is 0 Å². The fraction of sp³-hybridized carbons (Fsp3) is 0.588. The lowest BCUT2D eigenvalue weighted by molar-refractivity contribution is -0.384. The van der Waals surface area contributed by atoms with Gasteiger partial charge in [0.1, 0.15) is 0 Å². The minimum Gasteiger partial charge on any atom is -0.378 e. The van der Waals surface area contributed by atoms with Crippen LogP contribution in [0.4, 0.5) is 5.69 Å². The molecule has 6 nitrogen and oxygen atoms in total. The zero-order chi connectivity index (χ0) is 17.2. The summed E-state index contributed by atoms with van der Waals surface area (Å²) in [5.41, 5.74) is 0.0572. The number of hydrogen-bond acceptors (Lipinski definition) is 5. The van der Waals surface area contributed by atoms with E-state index in [0.29, 0.717) is 25.0 Å². The Labute approximate surface area is 146 Å². The van der Waals surface area contributed by atoms with E-state index in [1.54, 1.807) is 12.1 Å². The van der Waals surface area contributed by atoms with Crippen LogP contribution >= 0.6 is 11.8 Å². The quantitative estimate of drug-likeness (QED) is 0.318. The van der Waals surface area contributed by atoms with E-state index >= 15 is 0 Å². The molecule has 132 valence electrons. The van der Waals surface area contributed by atoms with Crippen molar-refractivity contribution < 1.29 is 14.5 Å². The van der Waals surface area contributed by atoms with Gasteiger partial charge >= 0.3 is 0 Å². The lowest BCUT2D eigenvalue weighted by Crippen LogP contribution is -2.27. The molecular formula is C17H24N2O4S. The van der Waals surface area contributed by atoms with Crippen molar-refractivity contribution in [2.75, 3.05) is 18.9 Å². The monoisotopic (exact) mass is 352 g/mol. The summed E-state index contributed by atoms with van der Waals surface area (Å²) >= 11 is 1.37. The van der Waals surface area contributed by atoms with Crippen LogP contribution in [-0.4, -0.2) is 35.8 Å². The van der Waals surface area contributed by atoms with Crippen molar-refractivity contribution in [3.63, 3.8) is 0 Å². The fourth-order valence-electron chi connectivity index (χ4n) is 2.65. The molecule has 0 atom stereocenters. The average Bonchev–Trinajstić information content (AvgIpc) is 2.61. The summed E-state index contributed by atoms with van der Waals surface area (Å²) < 4.78 is 5.81. The minimum absolute atomic E-state index is 0.0315. The predicted molar refractivity (Wildman–Crippen MR) is 94.3 cm³/mol. The molecule has 24 heavy (non-hydrogen) atoms. The summed E-state index contributed by atoms with van der Waals surface area (Å²) in [5.74, 6) is 0.275. The zero-order valence-corrected chi connectivity index (χ0v) is 14.6. The number of carbonyl (C=O) groups excluding carboxylic acids is 1. The molecule has 1 saturated carbocycles. The molecule has 1 aromatic carbocycles. The van der Waals surface area contributed by atoms with Crippen molar-refractivity contribution in [1.82, 2.24) is 5.32 Å². The highest BCUT2D eigenvalue weighted by Crippen LogP contribution is 2.21. The number of thioether (sulfide) groups is 1. The molecule has 0 radical (unpaired) electrons. The van der Waals surface area contributed by atoms with Gasteiger partial charge in [0.05, 0.1) is 16.8 Å². The van der Waals surface area contributed by atoms with E-state index in [2.05, 4.69) is 5.32 Å². The van der Waals surface area contributed by atoms with Crippen LogP contribution in [0.2, 0.25) is 0 Å². The topological polar surface area (TPSA) is 81.5 Å². The highest BCUT2D eigenvalue weighted by molar-refractivity contribution is 8.00. The van der Waals surface area contributed by atoms with Gasteiger partial charge in [-0.15, -0.1) is 11.8 Å². The Morgan fingerprint density at radius 1 is 1.25 bits per heavy atom. The van der Waals surface area contributed by atoms with Crippen molar-refractivity contribution >= 4 is 23.4 Å². The Morgan fingerprint density at radius 3 is 2.62 bits per heavy atom. The summed E-state index contributed by atoms with van der Waals surface area (Å²) in [7, 11) is 0. The SMILES string of the molecule is O=C(CSc1ccc([N+](=O)[O-])cc1)NCCCOC1CCCCC1. The van der Waals surface area contributed by atoms with Gasteiger partial charge in [0.25, 0.3) is 5.69 Å². The third-order valence-corrected chi connectivity index (χ3v) is 4.98. The third kappa shape index (κ3) is 6.88. The fourth-order valence-corrected chi connectivity index (χ4v) is 3.37. The van der Waals surface area contributed by atoms with Crippen LogP contribution in [0.3, 0.4) is 0 Å². The molecular weight excluding hydrogens is 328 g/mol. The van der Waals surface area contributed by atoms with E-state index in [-0.39, 0.29) is 11.6 Å². The average molecular weight is 352 g/mol. The number of nitrogens with zero attached hydrogens (tertiary/aromatic N) is 1. The molecule has 0 bridgehead atoms. The van der Waals surface area contributed by atoms with E-state index in [0.717, 1.165) is 24.2 Å². The molecule has 1 fully saturated rings. The molecule has 0 saturated heterocycles. The molecule has 1 N–H and O–H groups in total. The Balaban J connectivity index is 1.53. The smallest absolute Gasteiger partial charge is 0.269 e. The van der Waals surface area contributed by atoms with Gasteiger partial charge in [0.2, 0.25) is 5.91 Å². The predicted octanol–water partition coefficient (Wildman–Crippen LogP) is 3.54. The van der Waals surface area contributed by atoms with Crippen molar-refractivity contribution in [3.8, 4) is 0 Å². The number of amides is 1. The molecule has 0 aromatic heterocycles. The second kappa shape index (κ2) is 10.3. The number of nitro benzene ring substituents is 1. The van der Waals surface area contributed by atoms with Crippen molar-refractivity contribution in [2.45, 2.75) is 49.5 Å². The first kappa shape index (κ1) is 18.7. The molecule has 1 aliphatic rings. The van der Waals surface area contributed by atoms with Gasteiger partial charge in [-0.25, -0.2) is 0 Å². The second-order valence-electron chi connectivity index (χ2n) is 5.87. The van der Waals surface area contributed by atoms with Gasteiger partial charge in [0.15, 0.2) is 0 Å². The molecule has 0 heterocycles. The number of carbonyl (C=O) groups is 1. The van der Waals surface area contributed by atoms with Crippen LogP contribution in [0.25, 0.3) is 0 Å². The number of hydrogen-bond donors (Lipinski definition) is 1. The van der Waals surface area contributed by atoms with Gasteiger partial charge < -0.3 is 10.1 Å². The first-order valence-corrected chi connectivity index (χ1v) is 9.39. The second-order valence-corrected chi connectivity index (χ2v) is 6.92. The Bertz CT molecular complexity index is 530. The van der Waals surface area contributed by atoms with Crippen LogP contribution in [-0.2, 0) is 9.53 Å². The Hall–Kier alpha value is -1.60. The molecule has 0 unspecified atom stereocenters. The molecule has 1 amide bonds. The van der Waals surface area contributed by atoms with Crippen LogP contribution < -0.4 is 5.32 Å². The number of non-ortho nitro benzene ring substituents is 1. The number of nitrogens with one attached hydrogen (secondary N) is 1. The summed E-state index contributed by atoms with van der Waals surface area (Å²) in [6, 6.07) is 6.22. The number of rotatable bonds is 9. The van der Waals surface area contributed by atoms with Crippen LogP contribution in [0.15, 0.2) is 29.2 Å². The van der Waals surface area contributed by atoms with Gasteiger partial charge in [-0.1, -0.05) is 19.3 Å². The van der Waals surface area contributed by atoms with Crippen LogP contribution in [0.5, 0.6) is 0 Å². The van der Waals surface area contributed by atoms with E-state index in [1.807, 2.05) is 0 Å². The van der Waals surface area contributed by atoms with Gasteiger partial charge in [-0.3, -0.25) is 14.9 Å². The number of ether oxygens (including phenoxy) is 1. The Kier molecular flexibility index (Phi) is 8.04. The maximum absolute atomic E-state index is 11.8. The van der Waals surface area contributed by atoms with E-state index in [4.69, 9.17) is 4.74 Å². The third-order valence-electron chi connectivity index (χ3n) is 3.97. The maximum Gasteiger partial charge on any atom is 0.269 e. The van der Waals surface area contributed by atoms with E-state index < -0.39 is 4.92 Å². The first-order chi connectivity index (χ1) is 11.6. The highest BCUT2D eigenvalue weighted by Gasteiger charge is 2.13. The van der Waals surface area contributed by atoms with E-state index in [1.165, 1.54) is 43.2 Å². The first-order valence-electron chi connectivity index (χ1n) is 8.41. The van der Waals surface area contributed by atoms with E-state index in [9.17, 15) is 14.9 Å². The summed E-state index contributed by atoms with van der Waals surface area (Å²) in [6.07, 6.45) is 7.42. The van der Waals surface area contributed by atoms with Gasteiger partial charge in [0, 0.05) is 30.2 Å². The molecule has 1 aromatic rings. The van der Waals surface area contributed by atoms with Crippen LogP contribution in [0, 0.1) is 10.1 Å². The minimum atomic E-state index is -0.434. The number of nitro groups is 1. The van der Waals surface area contributed by atoms with Crippen molar-refractivity contribution in [1.29, 1.82) is 0 Å².